The first-order valence-electron chi connectivity index (χ1n) is 7.59. The number of aromatic carboxylic acids is 1. The fourth-order valence-corrected chi connectivity index (χ4v) is 2.54. The van der Waals surface area contributed by atoms with Gasteiger partial charge in [0.1, 0.15) is 0 Å². The normalized spacial score (nSPS) is 10.4. The first-order chi connectivity index (χ1) is 11.2. The Morgan fingerprint density at radius 1 is 0.833 bits per heavy atom. The van der Waals surface area contributed by atoms with Gasteiger partial charge in [0.25, 0.3) is 0 Å². The molecule has 0 fully saturated rings. The number of hydrogen-bond donors (Lipinski definition) is 1. The Kier molecular flexibility index (Phi) is 4.93. The zero-order chi connectivity index (χ0) is 18.0. The van der Waals surface area contributed by atoms with Crippen LogP contribution < -0.4 is 9.80 Å². The Balaban J connectivity index is 2.60. The van der Waals surface area contributed by atoms with Crippen molar-refractivity contribution in [1.29, 1.82) is 0 Å². The second kappa shape index (κ2) is 6.74. The Morgan fingerprint density at radius 2 is 1.46 bits per heavy atom. The van der Waals surface area contributed by atoms with E-state index < -0.39 is 5.97 Å². The molecule has 0 atom stereocenters. The van der Waals surface area contributed by atoms with Crippen LogP contribution in [0.4, 0.5) is 11.4 Å². The van der Waals surface area contributed by atoms with Gasteiger partial charge in [-0.2, -0.15) is 0 Å². The van der Waals surface area contributed by atoms with Crippen LogP contribution in [0.3, 0.4) is 0 Å². The molecular weight excluding hydrogens is 304 g/mol. The second-order valence-corrected chi connectivity index (χ2v) is 6.17. The Morgan fingerprint density at radius 3 is 2.00 bits per heavy atom. The predicted octanol–water partition coefficient (Wildman–Crippen LogP) is 3.06. The molecule has 0 amide bonds. The van der Waals surface area contributed by atoms with Gasteiger partial charge < -0.3 is 14.9 Å². The highest BCUT2D eigenvalue weighted by Gasteiger charge is 2.21. The number of carboxylic acids is 1. The van der Waals surface area contributed by atoms with Gasteiger partial charge >= 0.3 is 5.97 Å². The minimum Gasteiger partial charge on any atom is -0.478 e. The van der Waals surface area contributed by atoms with E-state index in [0.717, 1.165) is 16.9 Å². The number of rotatable bonds is 5. The predicted molar refractivity (Wildman–Crippen MR) is 96.7 cm³/mol. The average molecular weight is 326 g/mol. The summed E-state index contributed by atoms with van der Waals surface area (Å²) in [6.45, 7) is 1.80. The number of anilines is 2. The zero-order valence-electron chi connectivity index (χ0n) is 14.6. The van der Waals surface area contributed by atoms with E-state index in [0.29, 0.717) is 5.56 Å². The number of carbonyl (C=O) groups excluding carboxylic acids is 1. The van der Waals surface area contributed by atoms with E-state index in [1.165, 1.54) is 6.07 Å². The van der Waals surface area contributed by atoms with Crippen LogP contribution in [0, 0.1) is 6.92 Å². The standard InChI is InChI=1S/C19H22N2O3/c1-12-6-8-14(16(10-12)19(23)24)18(22)15-9-7-13(20(2)3)11-17(15)21(4)5/h6-11H,1-5H3,(H,23,24). The smallest absolute Gasteiger partial charge is 0.336 e. The molecule has 24 heavy (non-hydrogen) atoms. The summed E-state index contributed by atoms with van der Waals surface area (Å²) < 4.78 is 0. The lowest BCUT2D eigenvalue weighted by atomic mass is 9.95. The van der Waals surface area contributed by atoms with Gasteiger partial charge in [-0.3, -0.25) is 4.79 Å². The minimum atomic E-state index is -1.10. The van der Waals surface area contributed by atoms with Crippen molar-refractivity contribution in [3.63, 3.8) is 0 Å². The van der Waals surface area contributed by atoms with Crippen molar-refractivity contribution in [3.05, 3.63) is 58.7 Å². The van der Waals surface area contributed by atoms with Crippen LogP contribution >= 0.6 is 0 Å². The number of nitrogens with zero attached hydrogens (tertiary/aromatic N) is 2. The van der Waals surface area contributed by atoms with E-state index in [9.17, 15) is 14.7 Å². The van der Waals surface area contributed by atoms with Crippen molar-refractivity contribution in [1.82, 2.24) is 0 Å². The molecule has 2 rings (SSSR count). The van der Waals surface area contributed by atoms with Gasteiger partial charge in [-0.1, -0.05) is 11.6 Å². The molecule has 0 radical (unpaired) electrons. The molecule has 1 N–H and O–H groups in total. The molecule has 5 nitrogen and oxygen atoms in total. The lowest BCUT2D eigenvalue weighted by Crippen LogP contribution is -2.18. The summed E-state index contributed by atoms with van der Waals surface area (Å²) in [6.07, 6.45) is 0. The summed E-state index contributed by atoms with van der Waals surface area (Å²) in [5, 5.41) is 9.41. The maximum Gasteiger partial charge on any atom is 0.336 e. The summed E-state index contributed by atoms with van der Waals surface area (Å²) in [4.78, 5) is 28.3. The molecule has 0 bridgehead atoms. The molecule has 0 aliphatic carbocycles. The summed E-state index contributed by atoms with van der Waals surface area (Å²) in [5.74, 6) is -1.39. The molecule has 0 aliphatic rings. The second-order valence-electron chi connectivity index (χ2n) is 6.17. The van der Waals surface area contributed by atoms with Gasteiger partial charge in [0.2, 0.25) is 0 Å². The third-order valence-corrected chi connectivity index (χ3v) is 3.87. The summed E-state index contributed by atoms with van der Waals surface area (Å²) in [5.41, 5.74) is 3.24. The third-order valence-electron chi connectivity index (χ3n) is 3.87. The van der Waals surface area contributed by atoms with Crippen molar-refractivity contribution in [3.8, 4) is 0 Å². The zero-order valence-corrected chi connectivity index (χ0v) is 14.6. The van der Waals surface area contributed by atoms with Gasteiger partial charge in [0.15, 0.2) is 5.78 Å². The Hall–Kier alpha value is -2.82. The van der Waals surface area contributed by atoms with Crippen LogP contribution in [0.2, 0.25) is 0 Å². The van der Waals surface area contributed by atoms with E-state index in [4.69, 9.17) is 0 Å². The van der Waals surface area contributed by atoms with Crippen LogP contribution in [0.1, 0.15) is 31.8 Å². The number of aryl methyl sites for hydroxylation is 1. The van der Waals surface area contributed by atoms with Gasteiger partial charge in [-0.25, -0.2) is 4.79 Å². The fraction of sp³-hybridized carbons (Fsp3) is 0.263. The van der Waals surface area contributed by atoms with Gasteiger partial charge in [-0.15, -0.1) is 0 Å². The molecule has 2 aromatic carbocycles. The highest BCUT2D eigenvalue weighted by molar-refractivity contribution is 6.17. The molecule has 5 heteroatoms. The molecule has 0 aromatic heterocycles. The number of carboxylic acid groups (broad SMARTS) is 1. The van der Waals surface area contributed by atoms with E-state index in [1.54, 1.807) is 25.1 Å². The van der Waals surface area contributed by atoms with Crippen LogP contribution in [-0.2, 0) is 0 Å². The molecule has 0 spiro atoms. The van der Waals surface area contributed by atoms with Crippen LogP contribution in [0.5, 0.6) is 0 Å². The maximum absolute atomic E-state index is 13.0. The monoisotopic (exact) mass is 326 g/mol. The first kappa shape index (κ1) is 17.5. The van der Waals surface area contributed by atoms with Crippen molar-refractivity contribution in [2.24, 2.45) is 0 Å². The van der Waals surface area contributed by atoms with Crippen molar-refractivity contribution < 1.29 is 14.7 Å². The number of ketones is 1. The fourth-order valence-electron chi connectivity index (χ4n) is 2.54. The molecule has 0 saturated heterocycles. The van der Waals surface area contributed by atoms with Crippen LogP contribution in [-0.4, -0.2) is 45.0 Å². The number of hydrogen-bond acceptors (Lipinski definition) is 4. The summed E-state index contributed by atoms with van der Waals surface area (Å²) in [7, 11) is 7.58. The molecule has 0 unspecified atom stereocenters. The van der Waals surface area contributed by atoms with E-state index in [2.05, 4.69) is 0 Å². The molecule has 126 valence electrons. The Labute approximate surface area is 142 Å². The molecule has 0 saturated carbocycles. The quantitative estimate of drug-likeness (QED) is 0.856. The van der Waals surface area contributed by atoms with Crippen LogP contribution in [0.15, 0.2) is 36.4 Å². The highest BCUT2D eigenvalue weighted by atomic mass is 16.4. The maximum atomic E-state index is 13.0. The molecule has 0 aliphatic heterocycles. The minimum absolute atomic E-state index is 0.0291. The third kappa shape index (κ3) is 3.40. The lowest BCUT2D eigenvalue weighted by molar-refractivity contribution is 0.0692. The average Bonchev–Trinajstić information content (AvgIpc) is 2.53. The molecular formula is C19H22N2O3. The SMILES string of the molecule is Cc1ccc(C(=O)c2ccc(N(C)C)cc2N(C)C)c(C(=O)O)c1. The van der Waals surface area contributed by atoms with Crippen molar-refractivity contribution >= 4 is 23.1 Å². The summed E-state index contributed by atoms with van der Waals surface area (Å²) in [6, 6.07) is 10.4. The van der Waals surface area contributed by atoms with Gasteiger partial charge in [0, 0.05) is 50.7 Å². The molecule has 0 heterocycles. The lowest BCUT2D eigenvalue weighted by Gasteiger charge is -2.21. The van der Waals surface area contributed by atoms with Gasteiger partial charge in [-0.05, 0) is 37.3 Å². The molecule has 2 aromatic rings. The van der Waals surface area contributed by atoms with Crippen LogP contribution in [0.25, 0.3) is 0 Å². The van der Waals surface area contributed by atoms with E-state index in [-0.39, 0.29) is 16.9 Å². The first-order valence-corrected chi connectivity index (χ1v) is 7.59. The van der Waals surface area contributed by atoms with Gasteiger partial charge in [0.05, 0.1) is 5.56 Å². The highest BCUT2D eigenvalue weighted by Crippen LogP contribution is 2.28. The van der Waals surface area contributed by atoms with Crippen molar-refractivity contribution in [2.45, 2.75) is 6.92 Å². The van der Waals surface area contributed by atoms with E-state index in [1.807, 2.05) is 50.1 Å². The van der Waals surface area contributed by atoms with Crippen molar-refractivity contribution in [2.75, 3.05) is 38.0 Å². The topological polar surface area (TPSA) is 60.9 Å². The van der Waals surface area contributed by atoms with E-state index >= 15 is 0 Å². The Bertz CT molecular complexity index is 795. The summed E-state index contributed by atoms with van der Waals surface area (Å²) >= 11 is 0. The number of benzene rings is 2. The largest absolute Gasteiger partial charge is 0.478 e. The number of carbonyl (C=O) groups is 2.